The van der Waals surface area contributed by atoms with Crippen molar-refractivity contribution >= 4 is 46.9 Å². The van der Waals surface area contributed by atoms with Crippen LogP contribution in [0.4, 0.5) is 0 Å². The van der Waals surface area contributed by atoms with Gasteiger partial charge in [0.25, 0.3) is 5.91 Å². The second kappa shape index (κ2) is 10.5. The SMILES string of the molecule is COc1cc(C)ccc1C(=O)N/N=C\c1cc(Cl)c(OCc2ccccc2Cl)c(Cl)c1. The van der Waals surface area contributed by atoms with Gasteiger partial charge in [-0.1, -0.05) is 59.1 Å². The lowest BCUT2D eigenvalue weighted by atomic mass is 10.1. The van der Waals surface area contributed by atoms with Crippen LogP contribution >= 0.6 is 34.8 Å². The predicted octanol–water partition coefficient (Wildman–Crippen LogP) is 6.31. The third-order valence-electron chi connectivity index (χ3n) is 4.33. The number of aryl methyl sites for hydroxylation is 1. The zero-order valence-corrected chi connectivity index (χ0v) is 19.1. The van der Waals surface area contributed by atoms with E-state index in [2.05, 4.69) is 10.5 Å². The van der Waals surface area contributed by atoms with Crippen LogP contribution in [0.3, 0.4) is 0 Å². The van der Waals surface area contributed by atoms with Crippen molar-refractivity contribution in [3.63, 3.8) is 0 Å². The average molecular weight is 478 g/mol. The Hall–Kier alpha value is -2.73. The van der Waals surface area contributed by atoms with E-state index in [1.165, 1.54) is 13.3 Å². The number of rotatable bonds is 7. The third-order valence-corrected chi connectivity index (χ3v) is 5.26. The second-order valence-electron chi connectivity index (χ2n) is 6.60. The molecule has 3 aromatic carbocycles. The van der Waals surface area contributed by atoms with Gasteiger partial charge in [0.1, 0.15) is 12.4 Å². The normalized spacial score (nSPS) is 10.9. The largest absolute Gasteiger partial charge is 0.496 e. The first-order valence-electron chi connectivity index (χ1n) is 9.22. The number of methoxy groups -OCH3 is 1. The maximum absolute atomic E-state index is 12.4. The smallest absolute Gasteiger partial charge is 0.275 e. The van der Waals surface area contributed by atoms with Gasteiger partial charge < -0.3 is 9.47 Å². The lowest BCUT2D eigenvalue weighted by Gasteiger charge is -2.11. The molecule has 160 valence electrons. The molecule has 0 saturated heterocycles. The minimum Gasteiger partial charge on any atom is -0.496 e. The summed E-state index contributed by atoms with van der Waals surface area (Å²) in [5, 5.41) is 5.20. The summed E-state index contributed by atoms with van der Waals surface area (Å²) in [7, 11) is 1.51. The molecule has 0 heterocycles. The van der Waals surface area contributed by atoms with Crippen molar-refractivity contribution in [2.45, 2.75) is 13.5 Å². The molecule has 0 aliphatic rings. The standard InChI is InChI=1S/C23H19Cl3N2O3/c1-14-7-8-17(21(9-14)30-2)23(29)28-27-12-15-10-19(25)22(20(26)11-15)31-13-16-5-3-4-6-18(16)24/h3-12H,13H2,1-2H3,(H,28,29)/b27-12-. The average Bonchev–Trinajstić information content (AvgIpc) is 2.74. The van der Waals surface area contributed by atoms with E-state index >= 15 is 0 Å². The number of ether oxygens (including phenoxy) is 2. The summed E-state index contributed by atoms with van der Waals surface area (Å²) in [6, 6.07) is 15.9. The van der Waals surface area contributed by atoms with Gasteiger partial charge in [-0.2, -0.15) is 5.10 Å². The number of carbonyl (C=O) groups excluding carboxylic acids is 1. The monoisotopic (exact) mass is 476 g/mol. The summed E-state index contributed by atoms with van der Waals surface area (Å²) in [6.07, 6.45) is 1.44. The highest BCUT2D eigenvalue weighted by Crippen LogP contribution is 2.35. The molecule has 3 aromatic rings. The lowest BCUT2D eigenvalue weighted by molar-refractivity contribution is 0.0952. The highest BCUT2D eigenvalue weighted by molar-refractivity contribution is 6.37. The van der Waals surface area contributed by atoms with Crippen LogP contribution in [0.25, 0.3) is 0 Å². The maximum Gasteiger partial charge on any atom is 0.275 e. The Morgan fingerprint density at radius 1 is 1.03 bits per heavy atom. The van der Waals surface area contributed by atoms with Crippen LogP contribution in [0, 0.1) is 6.92 Å². The Morgan fingerprint density at radius 3 is 2.42 bits per heavy atom. The summed E-state index contributed by atoms with van der Waals surface area (Å²) < 4.78 is 11.0. The van der Waals surface area contributed by atoms with Crippen molar-refractivity contribution < 1.29 is 14.3 Å². The van der Waals surface area contributed by atoms with Crippen molar-refractivity contribution in [3.8, 4) is 11.5 Å². The van der Waals surface area contributed by atoms with E-state index in [4.69, 9.17) is 44.3 Å². The first kappa shape index (κ1) is 22.9. The molecule has 0 spiro atoms. The third kappa shape index (κ3) is 5.91. The van der Waals surface area contributed by atoms with E-state index in [-0.39, 0.29) is 6.61 Å². The fraction of sp³-hybridized carbons (Fsp3) is 0.130. The highest BCUT2D eigenvalue weighted by Gasteiger charge is 2.13. The molecule has 0 fully saturated rings. The van der Waals surface area contributed by atoms with Crippen LogP contribution < -0.4 is 14.9 Å². The molecule has 0 saturated carbocycles. The van der Waals surface area contributed by atoms with E-state index in [0.29, 0.717) is 37.7 Å². The lowest BCUT2D eigenvalue weighted by Crippen LogP contribution is -2.18. The van der Waals surface area contributed by atoms with Crippen molar-refractivity contribution in [1.29, 1.82) is 0 Å². The topological polar surface area (TPSA) is 59.9 Å². The van der Waals surface area contributed by atoms with Gasteiger partial charge in [0.05, 0.1) is 28.9 Å². The fourth-order valence-electron chi connectivity index (χ4n) is 2.77. The van der Waals surface area contributed by atoms with Crippen molar-refractivity contribution in [2.24, 2.45) is 5.10 Å². The Bertz CT molecular complexity index is 1110. The summed E-state index contributed by atoms with van der Waals surface area (Å²) in [6.45, 7) is 2.14. The molecule has 0 atom stereocenters. The van der Waals surface area contributed by atoms with Crippen molar-refractivity contribution in [3.05, 3.63) is 91.9 Å². The number of hydrazone groups is 1. The molecule has 3 rings (SSSR count). The molecule has 0 aliphatic carbocycles. The van der Waals surface area contributed by atoms with Crippen LogP contribution in [0.1, 0.15) is 27.0 Å². The zero-order valence-electron chi connectivity index (χ0n) is 16.8. The van der Waals surface area contributed by atoms with E-state index in [1.807, 2.05) is 31.2 Å². The molecule has 5 nitrogen and oxygen atoms in total. The van der Waals surface area contributed by atoms with Crippen LogP contribution in [0.2, 0.25) is 15.1 Å². The van der Waals surface area contributed by atoms with Gasteiger partial charge in [-0.3, -0.25) is 4.79 Å². The number of halogens is 3. The molecule has 0 bridgehead atoms. The van der Waals surface area contributed by atoms with E-state index < -0.39 is 5.91 Å². The number of nitrogens with one attached hydrogen (secondary N) is 1. The summed E-state index contributed by atoms with van der Waals surface area (Å²) in [5.74, 6) is 0.414. The molecule has 31 heavy (non-hydrogen) atoms. The molecule has 1 amide bonds. The quantitative estimate of drug-likeness (QED) is 0.320. The van der Waals surface area contributed by atoms with Crippen LogP contribution in [0.15, 0.2) is 59.7 Å². The van der Waals surface area contributed by atoms with Crippen LogP contribution in [-0.2, 0) is 6.61 Å². The van der Waals surface area contributed by atoms with Crippen molar-refractivity contribution in [2.75, 3.05) is 7.11 Å². The summed E-state index contributed by atoms with van der Waals surface area (Å²) >= 11 is 18.8. The van der Waals surface area contributed by atoms with Gasteiger partial charge in [0, 0.05) is 10.6 Å². The number of hydrogen-bond acceptors (Lipinski definition) is 4. The summed E-state index contributed by atoms with van der Waals surface area (Å²) in [4.78, 5) is 12.4. The molecule has 0 unspecified atom stereocenters. The number of amides is 1. The first-order chi connectivity index (χ1) is 14.9. The maximum atomic E-state index is 12.4. The fourth-order valence-corrected chi connectivity index (χ4v) is 3.57. The Balaban J connectivity index is 1.68. The van der Waals surface area contributed by atoms with Gasteiger partial charge in [-0.05, 0) is 48.4 Å². The minimum absolute atomic E-state index is 0.223. The van der Waals surface area contributed by atoms with Gasteiger partial charge in [-0.15, -0.1) is 0 Å². The number of hydrogen-bond donors (Lipinski definition) is 1. The van der Waals surface area contributed by atoms with Gasteiger partial charge in [-0.25, -0.2) is 5.43 Å². The molecular formula is C23H19Cl3N2O3. The van der Waals surface area contributed by atoms with Gasteiger partial charge >= 0.3 is 0 Å². The predicted molar refractivity (Wildman–Crippen MR) is 125 cm³/mol. The zero-order chi connectivity index (χ0) is 22.4. The Labute approximate surface area is 195 Å². The van der Waals surface area contributed by atoms with Crippen molar-refractivity contribution in [1.82, 2.24) is 5.43 Å². The number of benzene rings is 3. The van der Waals surface area contributed by atoms with Gasteiger partial charge in [0.15, 0.2) is 5.75 Å². The first-order valence-corrected chi connectivity index (χ1v) is 10.4. The van der Waals surface area contributed by atoms with E-state index in [9.17, 15) is 4.79 Å². The summed E-state index contributed by atoms with van der Waals surface area (Å²) in [5.41, 5.74) is 5.24. The molecular weight excluding hydrogens is 459 g/mol. The van der Waals surface area contributed by atoms with Crippen LogP contribution in [-0.4, -0.2) is 19.2 Å². The molecule has 8 heteroatoms. The number of carbonyl (C=O) groups is 1. The van der Waals surface area contributed by atoms with Gasteiger partial charge in [0.2, 0.25) is 0 Å². The molecule has 0 aromatic heterocycles. The Morgan fingerprint density at radius 2 is 1.74 bits per heavy atom. The van der Waals surface area contributed by atoms with E-state index in [1.54, 1.807) is 30.3 Å². The second-order valence-corrected chi connectivity index (χ2v) is 7.82. The van der Waals surface area contributed by atoms with E-state index in [0.717, 1.165) is 11.1 Å². The molecule has 1 N–H and O–H groups in total. The molecule has 0 aliphatic heterocycles. The Kier molecular flexibility index (Phi) is 7.80. The number of nitrogens with zero attached hydrogens (tertiary/aromatic N) is 1. The minimum atomic E-state index is -0.398. The molecule has 0 radical (unpaired) electrons. The highest BCUT2D eigenvalue weighted by atomic mass is 35.5. The van der Waals surface area contributed by atoms with Crippen LogP contribution in [0.5, 0.6) is 11.5 Å².